The van der Waals surface area contributed by atoms with E-state index in [2.05, 4.69) is 9.97 Å². The Hall–Kier alpha value is -1.66. The number of amides is 1. The maximum atomic E-state index is 12.3. The highest BCUT2D eigenvalue weighted by Gasteiger charge is 2.17. The summed E-state index contributed by atoms with van der Waals surface area (Å²) < 4.78 is 0. The van der Waals surface area contributed by atoms with E-state index in [0.717, 1.165) is 10.7 Å². The van der Waals surface area contributed by atoms with Gasteiger partial charge in [0.15, 0.2) is 0 Å². The van der Waals surface area contributed by atoms with Gasteiger partial charge in [0.25, 0.3) is 5.91 Å². The fourth-order valence-corrected chi connectivity index (χ4v) is 2.40. The zero-order valence-corrected chi connectivity index (χ0v) is 12.1. The molecule has 0 bridgehead atoms. The number of hydrogen-bond acceptors (Lipinski definition) is 5. The van der Waals surface area contributed by atoms with Crippen LogP contribution in [0.25, 0.3) is 0 Å². The molecule has 2 N–H and O–H groups in total. The number of anilines is 1. The average molecular weight is 297 g/mol. The van der Waals surface area contributed by atoms with E-state index in [1.807, 2.05) is 12.3 Å². The van der Waals surface area contributed by atoms with Gasteiger partial charge in [0.2, 0.25) is 0 Å². The molecule has 2 heterocycles. The number of nitrogen functional groups attached to an aromatic ring is 1. The van der Waals surface area contributed by atoms with Crippen molar-refractivity contribution in [3.63, 3.8) is 0 Å². The van der Waals surface area contributed by atoms with Crippen LogP contribution in [0.3, 0.4) is 0 Å². The number of aryl methyl sites for hydroxylation is 1. The zero-order chi connectivity index (χ0) is 14.0. The average Bonchev–Trinajstić information content (AvgIpc) is 2.77. The van der Waals surface area contributed by atoms with Crippen molar-refractivity contribution < 1.29 is 4.79 Å². The van der Waals surface area contributed by atoms with E-state index < -0.39 is 0 Å². The Balaban J connectivity index is 2.16. The third-order valence-corrected chi connectivity index (χ3v) is 3.63. The van der Waals surface area contributed by atoms with E-state index in [4.69, 9.17) is 17.3 Å². The molecule has 2 aromatic rings. The molecule has 0 aliphatic carbocycles. The van der Waals surface area contributed by atoms with E-state index in [1.54, 1.807) is 18.4 Å². The van der Waals surface area contributed by atoms with Crippen LogP contribution in [0.2, 0.25) is 5.15 Å². The first-order valence-electron chi connectivity index (χ1n) is 5.55. The third-order valence-electron chi connectivity index (χ3n) is 2.50. The Labute approximate surface area is 120 Å². The summed E-state index contributed by atoms with van der Waals surface area (Å²) in [6.45, 7) is 2.35. The van der Waals surface area contributed by atoms with Gasteiger partial charge in [-0.2, -0.15) is 0 Å². The van der Waals surface area contributed by atoms with Gasteiger partial charge in [-0.1, -0.05) is 11.6 Å². The molecule has 0 unspecified atom stereocenters. The van der Waals surface area contributed by atoms with Gasteiger partial charge < -0.3 is 10.6 Å². The number of aromatic nitrogens is 2. The summed E-state index contributed by atoms with van der Waals surface area (Å²) in [4.78, 5) is 22.0. The molecule has 0 aliphatic rings. The molecule has 0 spiro atoms. The summed E-state index contributed by atoms with van der Waals surface area (Å²) in [5.41, 5.74) is 7.18. The maximum Gasteiger partial charge on any atom is 0.257 e. The van der Waals surface area contributed by atoms with Crippen LogP contribution < -0.4 is 5.73 Å². The molecule has 100 valence electrons. The first-order valence-corrected chi connectivity index (χ1v) is 6.80. The fraction of sp³-hybridized carbons (Fsp3) is 0.250. The monoisotopic (exact) mass is 296 g/mol. The lowest BCUT2D eigenvalue weighted by Crippen LogP contribution is -2.27. The minimum atomic E-state index is -0.226. The lowest BCUT2D eigenvalue weighted by molar-refractivity contribution is 0.0783. The number of carbonyl (C=O) groups excluding carboxylic acids is 1. The number of rotatable bonds is 3. The molecule has 5 nitrogen and oxygen atoms in total. The molecular weight excluding hydrogens is 284 g/mol. The molecule has 2 rings (SSSR count). The Bertz CT molecular complexity index is 614. The van der Waals surface area contributed by atoms with Gasteiger partial charge in [0.1, 0.15) is 5.15 Å². The molecule has 7 heteroatoms. The summed E-state index contributed by atoms with van der Waals surface area (Å²) in [7, 11) is 1.69. The van der Waals surface area contributed by atoms with Crippen LogP contribution in [-0.2, 0) is 6.54 Å². The van der Waals surface area contributed by atoms with Gasteiger partial charge in [0.05, 0.1) is 34.7 Å². The summed E-state index contributed by atoms with van der Waals surface area (Å²) >= 11 is 7.47. The number of thiazole rings is 1. The molecule has 0 radical (unpaired) electrons. The van der Waals surface area contributed by atoms with Crippen molar-refractivity contribution in [3.8, 4) is 0 Å². The molecular formula is C12H13ClN4OS. The largest absolute Gasteiger partial charge is 0.397 e. The highest BCUT2D eigenvalue weighted by molar-refractivity contribution is 7.09. The van der Waals surface area contributed by atoms with Gasteiger partial charge in [-0.05, 0) is 13.0 Å². The predicted octanol–water partition coefficient (Wildman–Crippen LogP) is 2.35. The summed E-state index contributed by atoms with van der Waals surface area (Å²) in [5, 5.41) is 3.05. The Morgan fingerprint density at radius 3 is 2.95 bits per heavy atom. The lowest BCUT2D eigenvalue weighted by Gasteiger charge is -2.16. The quantitative estimate of drug-likeness (QED) is 0.883. The second-order valence-electron chi connectivity index (χ2n) is 4.13. The molecule has 0 aliphatic heterocycles. The van der Waals surface area contributed by atoms with Crippen LogP contribution in [0.5, 0.6) is 0 Å². The topological polar surface area (TPSA) is 72.1 Å². The molecule has 0 saturated carbocycles. The van der Waals surface area contributed by atoms with E-state index in [9.17, 15) is 4.79 Å². The zero-order valence-electron chi connectivity index (χ0n) is 10.6. The molecule has 1 amide bonds. The number of nitrogens with two attached hydrogens (primary N) is 1. The molecule has 2 aromatic heterocycles. The van der Waals surface area contributed by atoms with Crippen LogP contribution in [0.4, 0.5) is 5.69 Å². The van der Waals surface area contributed by atoms with E-state index in [0.29, 0.717) is 17.8 Å². The first-order chi connectivity index (χ1) is 8.97. The standard InChI is InChI=1S/C12H13ClN4OS/c1-7-16-9(6-19-7)5-17(2)12(18)10-3-8(14)4-15-11(10)13/h3-4,6H,5,14H2,1-2H3. The van der Waals surface area contributed by atoms with E-state index in [-0.39, 0.29) is 11.1 Å². The minimum Gasteiger partial charge on any atom is -0.397 e. The number of nitrogens with zero attached hydrogens (tertiary/aromatic N) is 3. The van der Waals surface area contributed by atoms with Crippen molar-refractivity contribution in [2.75, 3.05) is 12.8 Å². The fourth-order valence-electron chi connectivity index (χ4n) is 1.62. The van der Waals surface area contributed by atoms with Gasteiger partial charge in [-0.25, -0.2) is 9.97 Å². The van der Waals surface area contributed by atoms with Crippen LogP contribution in [-0.4, -0.2) is 27.8 Å². The van der Waals surface area contributed by atoms with Crippen LogP contribution in [0.15, 0.2) is 17.6 Å². The molecule has 0 saturated heterocycles. The van der Waals surface area contributed by atoms with Crippen molar-refractivity contribution in [1.82, 2.24) is 14.9 Å². The van der Waals surface area contributed by atoms with Crippen LogP contribution >= 0.6 is 22.9 Å². The van der Waals surface area contributed by atoms with Crippen molar-refractivity contribution in [2.45, 2.75) is 13.5 Å². The normalized spacial score (nSPS) is 10.5. The van der Waals surface area contributed by atoms with Gasteiger partial charge in [-0.15, -0.1) is 11.3 Å². The van der Waals surface area contributed by atoms with Gasteiger partial charge >= 0.3 is 0 Å². The van der Waals surface area contributed by atoms with Crippen LogP contribution in [0, 0.1) is 6.92 Å². The molecule has 19 heavy (non-hydrogen) atoms. The highest BCUT2D eigenvalue weighted by atomic mass is 35.5. The molecule has 0 fully saturated rings. The number of halogens is 1. The van der Waals surface area contributed by atoms with Crippen molar-refractivity contribution >= 4 is 34.5 Å². The smallest absolute Gasteiger partial charge is 0.257 e. The van der Waals surface area contributed by atoms with Crippen molar-refractivity contribution in [2.24, 2.45) is 0 Å². The minimum absolute atomic E-state index is 0.153. The summed E-state index contributed by atoms with van der Waals surface area (Å²) in [5.74, 6) is -0.226. The summed E-state index contributed by atoms with van der Waals surface area (Å²) in [6.07, 6.45) is 1.42. The molecule has 0 atom stereocenters. The van der Waals surface area contributed by atoms with E-state index >= 15 is 0 Å². The highest BCUT2D eigenvalue weighted by Crippen LogP contribution is 2.18. The van der Waals surface area contributed by atoms with Crippen LogP contribution in [0.1, 0.15) is 21.1 Å². The van der Waals surface area contributed by atoms with Crippen molar-refractivity contribution in [3.05, 3.63) is 39.1 Å². The summed E-state index contributed by atoms with van der Waals surface area (Å²) in [6, 6.07) is 1.53. The second-order valence-corrected chi connectivity index (χ2v) is 5.55. The second kappa shape index (κ2) is 5.54. The van der Waals surface area contributed by atoms with Gasteiger partial charge in [0, 0.05) is 12.4 Å². The number of pyridine rings is 1. The maximum absolute atomic E-state index is 12.3. The Morgan fingerprint density at radius 1 is 1.58 bits per heavy atom. The first kappa shape index (κ1) is 13.8. The Morgan fingerprint density at radius 2 is 2.32 bits per heavy atom. The lowest BCUT2D eigenvalue weighted by atomic mass is 10.2. The molecule has 0 aromatic carbocycles. The van der Waals surface area contributed by atoms with Gasteiger partial charge in [-0.3, -0.25) is 4.79 Å². The SMILES string of the molecule is Cc1nc(CN(C)C(=O)c2cc(N)cnc2Cl)cs1. The predicted molar refractivity (Wildman–Crippen MR) is 76.3 cm³/mol. The van der Waals surface area contributed by atoms with E-state index in [1.165, 1.54) is 17.2 Å². The Kier molecular flexibility index (Phi) is 4.01. The van der Waals surface area contributed by atoms with Crippen molar-refractivity contribution in [1.29, 1.82) is 0 Å². The number of carbonyl (C=O) groups is 1. The number of hydrogen-bond donors (Lipinski definition) is 1. The third kappa shape index (κ3) is 3.21.